The molecule has 2 aromatic rings. The molecular weight excluding hydrogens is 316 g/mol. The molecule has 0 bridgehead atoms. The minimum Gasteiger partial charge on any atom is -0.398 e. The average Bonchev–Trinajstić information content (AvgIpc) is 2.41. The first-order valence-corrected chi connectivity index (χ1v) is 8.36. The molecule has 3 N–H and O–H groups in total. The van der Waals surface area contributed by atoms with Crippen LogP contribution in [0.15, 0.2) is 57.2 Å². The summed E-state index contributed by atoms with van der Waals surface area (Å²) in [6.07, 6.45) is 0. The van der Waals surface area contributed by atoms with Crippen LogP contribution in [-0.4, -0.2) is 15.5 Å². The Morgan fingerprint density at radius 1 is 1.20 bits per heavy atom. The van der Waals surface area contributed by atoms with Gasteiger partial charge in [0.25, 0.3) is 0 Å². The molecule has 2 aromatic carbocycles. The molecule has 0 atom stereocenters. The lowest BCUT2D eigenvalue weighted by atomic mass is 10.3. The maximum atomic E-state index is 11.7. The Morgan fingerprint density at radius 2 is 1.95 bits per heavy atom. The van der Waals surface area contributed by atoms with E-state index in [1.807, 2.05) is 18.2 Å². The molecule has 0 spiro atoms. The van der Waals surface area contributed by atoms with Crippen molar-refractivity contribution in [1.29, 1.82) is 0 Å². The van der Waals surface area contributed by atoms with Gasteiger partial charge in [0.05, 0.1) is 4.90 Å². The molecule has 2 rings (SSSR count). The van der Waals surface area contributed by atoms with Gasteiger partial charge in [0.1, 0.15) is 0 Å². The molecule has 0 saturated carbocycles. The van der Waals surface area contributed by atoms with E-state index >= 15 is 0 Å². The van der Waals surface area contributed by atoms with E-state index in [1.165, 1.54) is 30.9 Å². The van der Waals surface area contributed by atoms with Gasteiger partial charge < -0.3 is 5.73 Å². The summed E-state index contributed by atoms with van der Waals surface area (Å²) in [5.74, 6) is 0. The van der Waals surface area contributed by atoms with Crippen LogP contribution in [0, 0.1) is 0 Å². The highest BCUT2D eigenvalue weighted by Crippen LogP contribution is 2.34. The average molecular weight is 329 g/mol. The van der Waals surface area contributed by atoms with Gasteiger partial charge in [-0.05, 0) is 43.4 Å². The van der Waals surface area contributed by atoms with E-state index in [0.29, 0.717) is 10.7 Å². The highest BCUT2D eigenvalue weighted by molar-refractivity contribution is 7.99. The lowest BCUT2D eigenvalue weighted by Crippen LogP contribution is -2.18. The molecular formula is C13H13ClN2O2S2. The SMILES string of the molecule is CNS(=O)(=O)c1ccc(Sc2cccc(Cl)c2)c(N)c1. The summed E-state index contributed by atoms with van der Waals surface area (Å²) in [6, 6.07) is 12.0. The van der Waals surface area contributed by atoms with Crippen LogP contribution in [0.1, 0.15) is 0 Å². The van der Waals surface area contributed by atoms with Crippen LogP contribution in [0.25, 0.3) is 0 Å². The minimum absolute atomic E-state index is 0.146. The number of hydrogen-bond acceptors (Lipinski definition) is 4. The summed E-state index contributed by atoms with van der Waals surface area (Å²) in [5, 5.41) is 0.642. The van der Waals surface area contributed by atoms with Crippen molar-refractivity contribution in [2.24, 2.45) is 0 Å². The Balaban J connectivity index is 2.31. The molecule has 0 radical (unpaired) electrons. The normalized spacial score (nSPS) is 11.5. The van der Waals surface area contributed by atoms with Crippen molar-refractivity contribution in [2.45, 2.75) is 14.7 Å². The van der Waals surface area contributed by atoms with E-state index < -0.39 is 10.0 Å². The molecule has 4 nitrogen and oxygen atoms in total. The zero-order valence-corrected chi connectivity index (χ0v) is 13.0. The van der Waals surface area contributed by atoms with Gasteiger partial charge in [-0.2, -0.15) is 0 Å². The lowest BCUT2D eigenvalue weighted by Gasteiger charge is -2.08. The van der Waals surface area contributed by atoms with Gasteiger partial charge in [0, 0.05) is 20.5 Å². The number of sulfonamides is 1. The number of rotatable bonds is 4. The predicted molar refractivity (Wildman–Crippen MR) is 82.7 cm³/mol. The van der Waals surface area contributed by atoms with Gasteiger partial charge in [-0.15, -0.1) is 0 Å². The van der Waals surface area contributed by atoms with Crippen molar-refractivity contribution in [2.75, 3.05) is 12.8 Å². The van der Waals surface area contributed by atoms with E-state index in [4.69, 9.17) is 17.3 Å². The summed E-state index contributed by atoms with van der Waals surface area (Å²) in [6.45, 7) is 0. The van der Waals surface area contributed by atoms with Gasteiger partial charge in [0.2, 0.25) is 10.0 Å². The van der Waals surface area contributed by atoms with E-state index in [2.05, 4.69) is 4.72 Å². The minimum atomic E-state index is -3.48. The molecule has 0 aliphatic carbocycles. The van der Waals surface area contributed by atoms with Crippen molar-refractivity contribution in [3.05, 3.63) is 47.5 Å². The number of anilines is 1. The molecule has 0 saturated heterocycles. The highest BCUT2D eigenvalue weighted by Gasteiger charge is 2.13. The number of nitrogens with two attached hydrogens (primary N) is 1. The number of benzene rings is 2. The molecule has 0 aliphatic rings. The summed E-state index contributed by atoms with van der Waals surface area (Å²) in [5.41, 5.74) is 6.32. The van der Waals surface area contributed by atoms with Crippen LogP contribution in [-0.2, 0) is 10.0 Å². The van der Waals surface area contributed by atoms with Crippen LogP contribution in [0.4, 0.5) is 5.69 Å². The number of halogens is 1. The van der Waals surface area contributed by atoms with Crippen LogP contribution in [0.3, 0.4) is 0 Å². The highest BCUT2D eigenvalue weighted by atomic mass is 35.5. The van der Waals surface area contributed by atoms with Gasteiger partial charge in [-0.3, -0.25) is 0 Å². The second-order valence-corrected chi connectivity index (χ2v) is 7.40. The Kier molecular flexibility index (Phi) is 4.59. The third-order valence-electron chi connectivity index (χ3n) is 2.58. The van der Waals surface area contributed by atoms with Crippen molar-refractivity contribution < 1.29 is 8.42 Å². The number of nitrogen functional groups attached to an aromatic ring is 1. The first kappa shape index (κ1) is 15.2. The molecule has 0 aromatic heterocycles. The summed E-state index contributed by atoms with van der Waals surface area (Å²) in [4.78, 5) is 1.86. The van der Waals surface area contributed by atoms with E-state index in [-0.39, 0.29) is 4.90 Å². The van der Waals surface area contributed by atoms with Crippen molar-refractivity contribution in [1.82, 2.24) is 4.72 Å². The largest absolute Gasteiger partial charge is 0.398 e. The third-order valence-corrected chi connectivity index (χ3v) is 5.31. The van der Waals surface area contributed by atoms with Gasteiger partial charge in [-0.1, -0.05) is 29.4 Å². The molecule has 0 amide bonds. The fourth-order valence-corrected chi connectivity index (χ4v) is 3.48. The summed E-state index contributed by atoms with van der Waals surface area (Å²) in [7, 11) is -2.12. The van der Waals surface area contributed by atoms with Crippen molar-refractivity contribution in [3.8, 4) is 0 Å². The van der Waals surface area contributed by atoms with Gasteiger partial charge >= 0.3 is 0 Å². The molecule has 106 valence electrons. The smallest absolute Gasteiger partial charge is 0.240 e. The molecule has 20 heavy (non-hydrogen) atoms. The number of nitrogens with one attached hydrogen (secondary N) is 1. The van der Waals surface area contributed by atoms with Crippen LogP contribution >= 0.6 is 23.4 Å². The topological polar surface area (TPSA) is 72.2 Å². The molecule has 7 heteroatoms. The fourth-order valence-electron chi connectivity index (χ4n) is 1.56. The van der Waals surface area contributed by atoms with Gasteiger partial charge in [0.15, 0.2) is 0 Å². The van der Waals surface area contributed by atoms with Crippen LogP contribution < -0.4 is 10.5 Å². The Labute approximate surface area is 127 Å². The molecule has 0 unspecified atom stereocenters. The lowest BCUT2D eigenvalue weighted by molar-refractivity contribution is 0.588. The molecule has 0 fully saturated rings. The van der Waals surface area contributed by atoms with E-state index in [1.54, 1.807) is 12.1 Å². The second-order valence-electron chi connectivity index (χ2n) is 3.97. The number of hydrogen-bond donors (Lipinski definition) is 2. The third kappa shape index (κ3) is 3.46. The summed E-state index contributed by atoms with van der Waals surface area (Å²) < 4.78 is 25.6. The predicted octanol–water partition coefficient (Wildman–Crippen LogP) is 2.98. The fraction of sp³-hybridized carbons (Fsp3) is 0.0769. The Morgan fingerprint density at radius 3 is 2.55 bits per heavy atom. The standard InChI is InChI=1S/C13H13ClN2O2S2/c1-16-20(17,18)11-5-6-13(12(15)8-11)19-10-4-2-3-9(14)7-10/h2-8,16H,15H2,1H3. The monoisotopic (exact) mass is 328 g/mol. The maximum absolute atomic E-state index is 11.7. The van der Waals surface area contributed by atoms with Crippen LogP contribution in [0.5, 0.6) is 0 Å². The second kappa shape index (κ2) is 6.05. The first-order chi connectivity index (χ1) is 9.42. The van der Waals surface area contributed by atoms with E-state index in [9.17, 15) is 8.42 Å². The summed E-state index contributed by atoms with van der Waals surface area (Å²) >= 11 is 7.35. The van der Waals surface area contributed by atoms with Crippen molar-refractivity contribution >= 4 is 39.1 Å². The maximum Gasteiger partial charge on any atom is 0.240 e. The Bertz CT molecular complexity index is 733. The molecule has 0 heterocycles. The molecule has 0 aliphatic heterocycles. The van der Waals surface area contributed by atoms with E-state index in [0.717, 1.165) is 9.79 Å². The van der Waals surface area contributed by atoms with Crippen molar-refractivity contribution in [3.63, 3.8) is 0 Å². The zero-order valence-electron chi connectivity index (χ0n) is 10.6. The Hall–Kier alpha value is -1.21. The zero-order chi connectivity index (χ0) is 14.8. The quantitative estimate of drug-likeness (QED) is 0.846. The van der Waals surface area contributed by atoms with Crippen LogP contribution in [0.2, 0.25) is 5.02 Å². The first-order valence-electron chi connectivity index (χ1n) is 5.69. The van der Waals surface area contributed by atoms with Gasteiger partial charge in [-0.25, -0.2) is 13.1 Å².